The van der Waals surface area contributed by atoms with Crippen molar-refractivity contribution < 1.29 is 14.9 Å². The van der Waals surface area contributed by atoms with E-state index < -0.39 is 6.10 Å². The van der Waals surface area contributed by atoms with Gasteiger partial charge in [-0.3, -0.25) is 0 Å². The molecule has 0 aliphatic carbocycles. The first kappa shape index (κ1) is 14.0. The second-order valence-electron chi connectivity index (χ2n) is 3.99. The fourth-order valence-corrected chi connectivity index (χ4v) is 1.58. The molecule has 0 amide bonds. The summed E-state index contributed by atoms with van der Waals surface area (Å²) in [6.45, 7) is 2.50. The van der Waals surface area contributed by atoms with Gasteiger partial charge in [0.15, 0.2) is 0 Å². The number of nitrogens with one attached hydrogen (secondary N) is 1. The molecular weight excluding hydrogens is 218 g/mol. The van der Waals surface area contributed by atoms with Crippen molar-refractivity contribution >= 4 is 0 Å². The zero-order valence-electron chi connectivity index (χ0n) is 10.4. The molecule has 96 valence electrons. The number of aliphatic hydroxyl groups excluding tert-OH is 2. The highest BCUT2D eigenvalue weighted by Gasteiger charge is 2.10. The number of methoxy groups -OCH3 is 1. The molecule has 0 aliphatic rings. The van der Waals surface area contributed by atoms with Crippen LogP contribution in [-0.2, 0) is 0 Å². The van der Waals surface area contributed by atoms with Gasteiger partial charge < -0.3 is 20.3 Å². The van der Waals surface area contributed by atoms with E-state index in [0.29, 0.717) is 6.54 Å². The van der Waals surface area contributed by atoms with E-state index in [4.69, 9.17) is 9.84 Å². The lowest BCUT2D eigenvalue weighted by Crippen LogP contribution is -2.34. The van der Waals surface area contributed by atoms with E-state index in [1.165, 1.54) is 0 Å². The Kier molecular flexibility index (Phi) is 5.97. The summed E-state index contributed by atoms with van der Waals surface area (Å²) in [6.07, 6.45) is 0.243. The molecule has 1 aromatic carbocycles. The Balaban J connectivity index is 2.53. The fraction of sp³-hybridized carbons (Fsp3) is 0.538. The third-order valence-electron chi connectivity index (χ3n) is 2.79. The molecule has 0 aromatic heterocycles. The first-order valence-corrected chi connectivity index (χ1v) is 5.87. The van der Waals surface area contributed by atoms with Crippen LogP contribution in [-0.4, -0.2) is 36.5 Å². The second kappa shape index (κ2) is 7.27. The topological polar surface area (TPSA) is 61.7 Å². The maximum atomic E-state index is 9.98. The first-order chi connectivity index (χ1) is 8.21. The molecule has 0 saturated carbocycles. The third kappa shape index (κ3) is 4.34. The average molecular weight is 239 g/mol. The van der Waals surface area contributed by atoms with Crippen molar-refractivity contribution in [2.45, 2.75) is 25.5 Å². The highest BCUT2D eigenvalue weighted by Crippen LogP contribution is 2.18. The standard InChI is InChI=1S/C13H21NO3/c1-3-11(9-15)14-8-13(16)10-5-4-6-12(7-10)17-2/h4-7,11,13-16H,3,8-9H2,1-2H3. The number of rotatable bonds is 7. The molecule has 1 aromatic rings. The van der Waals surface area contributed by atoms with E-state index in [1.54, 1.807) is 7.11 Å². The van der Waals surface area contributed by atoms with Crippen LogP contribution in [0, 0.1) is 0 Å². The minimum absolute atomic E-state index is 0.0373. The molecule has 2 unspecified atom stereocenters. The van der Waals surface area contributed by atoms with E-state index >= 15 is 0 Å². The predicted molar refractivity (Wildman–Crippen MR) is 67.1 cm³/mol. The van der Waals surface area contributed by atoms with Gasteiger partial charge in [0.2, 0.25) is 0 Å². The van der Waals surface area contributed by atoms with Gasteiger partial charge in [-0.1, -0.05) is 19.1 Å². The lowest BCUT2D eigenvalue weighted by atomic mass is 10.1. The summed E-state index contributed by atoms with van der Waals surface area (Å²) in [5.41, 5.74) is 0.810. The van der Waals surface area contributed by atoms with E-state index in [0.717, 1.165) is 17.7 Å². The van der Waals surface area contributed by atoms with Gasteiger partial charge in [0, 0.05) is 12.6 Å². The largest absolute Gasteiger partial charge is 0.497 e. The summed E-state index contributed by atoms with van der Waals surface area (Å²) in [5.74, 6) is 0.732. The van der Waals surface area contributed by atoms with Gasteiger partial charge in [-0.15, -0.1) is 0 Å². The molecule has 17 heavy (non-hydrogen) atoms. The van der Waals surface area contributed by atoms with Crippen LogP contribution in [0.1, 0.15) is 25.0 Å². The van der Waals surface area contributed by atoms with Gasteiger partial charge in [-0.2, -0.15) is 0 Å². The van der Waals surface area contributed by atoms with Crippen molar-refractivity contribution in [3.05, 3.63) is 29.8 Å². The van der Waals surface area contributed by atoms with Crippen molar-refractivity contribution in [3.63, 3.8) is 0 Å². The summed E-state index contributed by atoms with van der Waals surface area (Å²) in [5, 5.41) is 22.1. The van der Waals surface area contributed by atoms with Gasteiger partial charge in [0.25, 0.3) is 0 Å². The fourth-order valence-electron chi connectivity index (χ4n) is 1.58. The molecule has 0 saturated heterocycles. The lowest BCUT2D eigenvalue weighted by Gasteiger charge is -2.18. The molecule has 3 N–H and O–H groups in total. The van der Waals surface area contributed by atoms with Crippen LogP contribution in [0.15, 0.2) is 24.3 Å². The molecular formula is C13H21NO3. The Morgan fingerprint density at radius 2 is 2.18 bits per heavy atom. The molecule has 0 aliphatic heterocycles. The van der Waals surface area contributed by atoms with Crippen LogP contribution in [0.3, 0.4) is 0 Å². The Morgan fingerprint density at radius 3 is 2.76 bits per heavy atom. The van der Waals surface area contributed by atoms with Gasteiger partial charge in [0.05, 0.1) is 19.8 Å². The van der Waals surface area contributed by atoms with E-state index in [9.17, 15) is 5.11 Å². The Bertz CT molecular complexity index is 326. The number of benzene rings is 1. The molecule has 0 fully saturated rings. The lowest BCUT2D eigenvalue weighted by molar-refractivity contribution is 0.157. The minimum Gasteiger partial charge on any atom is -0.497 e. The maximum absolute atomic E-state index is 9.98. The Hall–Kier alpha value is -1.10. The monoisotopic (exact) mass is 239 g/mol. The van der Waals surface area contributed by atoms with Crippen molar-refractivity contribution in [1.82, 2.24) is 5.32 Å². The second-order valence-corrected chi connectivity index (χ2v) is 3.99. The Labute approximate surface area is 102 Å². The Morgan fingerprint density at radius 1 is 1.41 bits per heavy atom. The SMILES string of the molecule is CCC(CO)NCC(O)c1cccc(OC)c1. The van der Waals surface area contributed by atoms with Gasteiger partial charge >= 0.3 is 0 Å². The normalized spacial score (nSPS) is 14.4. The zero-order valence-corrected chi connectivity index (χ0v) is 10.4. The van der Waals surface area contributed by atoms with E-state index in [-0.39, 0.29) is 12.6 Å². The minimum atomic E-state index is -0.592. The smallest absolute Gasteiger partial charge is 0.119 e. The highest BCUT2D eigenvalue weighted by molar-refractivity contribution is 5.29. The van der Waals surface area contributed by atoms with Gasteiger partial charge in [-0.05, 0) is 24.1 Å². The summed E-state index contributed by atoms with van der Waals surface area (Å²) in [6, 6.07) is 7.39. The summed E-state index contributed by atoms with van der Waals surface area (Å²) < 4.78 is 5.10. The molecule has 0 bridgehead atoms. The molecule has 2 atom stereocenters. The quantitative estimate of drug-likeness (QED) is 0.666. The number of aliphatic hydroxyl groups is 2. The molecule has 4 nitrogen and oxygen atoms in total. The van der Waals surface area contributed by atoms with Crippen molar-refractivity contribution in [3.8, 4) is 5.75 Å². The van der Waals surface area contributed by atoms with E-state index in [2.05, 4.69) is 5.32 Å². The zero-order chi connectivity index (χ0) is 12.7. The number of hydrogen-bond acceptors (Lipinski definition) is 4. The summed E-state index contributed by atoms with van der Waals surface area (Å²) in [4.78, 5) is 0. The summed E-state index contributed by atoms with van der Waals surface area (Å²) in [7, 11) is 1.60. The van der Waals surface area contributed by atoms with Crippen molar-refractivity contribution in [2.24, 2.45) is 0 Å². The first-order valence-electron chi connectivity index (χ1n) is 5.87. The van der Waals surface area contributed by atoms with Crippen LogP contribution in [0.4, 0.5) is 0 Å². The molecule has 4 heteroatoms. The predicted octanol–water partition coefficient (Wildman–Crippen LogP) is 1.09. The van der Waals surface area contributed by atoms with Gasteiger partial charge in [-0.25, -0.2) is 0 Å². The highest BCUT2D eigenvalue weighted by atomic mass is 16.5. The van der Waals surface area contributed by atoms with Crippen molar-refractivity contribution in [2.75, 3.05) is 20.3 Å². The molecule has 1 rings (SSSR count). The molecule has 0 heterocycles. The summed E-state index contributed by atoms with van der Waals surface area (Å²) >= 11 is 0. The number of ether oxygens (including phenoxy) is 1. The third-order valence-corrected chi connectivity index (χ3v) is 2.79. The van der Waals surface area contributed by atoms with Crippen molar-refractivity contribution in [1.29, 1.82) is 0 Å². The van der Waals surface area contributed by atoms with Gasteiger partial charge in [0.1, 0.15) is 5.75 Å². The van der Waals surface area contributed by atoms with Crippen LogP contribution in [0.25, 0.3) is 0 Å². The molecule has 0 spiro atoms. The van der Waals surface area contributed by atoms with Crippen LogP contribution >= 0.6 is 0 Å². The van der Waals surface area contributed by atoms with E-state index in [1.807, 2.05) is 31.2 Å². The maximum Gasteiger partial charge on any atom is 0.119 e. The van der Waals surface area contributed by atoms with Crippen LogP contribution in [0.5, 0.6) is 5.75 Å². The molecule has 0 radical (unpaired) electrons. The number of hydrogen-bond donors (Lipinski definition) is 3. The van der Waals surface area contributed by atoms with Crippen LogP contribution in [0.2, 0.25) is 0 Å². The van der Waals surface area contributed by atoms with Crippen LogP contribution < -0.4 is 10.1 Å². The average Bonchev–Trinajstić information content (AvgIpc) is 2.39.